The first-order valence-electron chi connectivity index (χ1n) is 10.1. The fraction of sp³-hybridized carbons (Fsp3) is 0.385. The van der Waals surface area contributed by atoms with Gasteiger partial charge in [0.15, 0.2) is 0 Å². The standard InChI is InChI=1S/C26H34/c1-4-24(21-20-23(3)26-18-12-7-13-19-26)15-9-5-8-14-22(2)25-16-10-6-11-17-25/h4-7,9-13,16-19,22-24H,1,8,14-15,20-21H2,2-3H3/b9-5-. The van der Waals surface area contributed by atoms with Gasteiger partial charge in [0.25, 0.3) is 0 Å². The van der Waals surface area contributed by atoms with E-state index in [1.165, 1.54) is 30.4 Å². The maximum absolute atomic E-state index is 4.04. The van der Waals surface area contributed by atoms with E-state index in [1.807, 2.05) is 0 Å². The summed E-state index contributed by atoms with van der Waals surface area (Å²) in [7, 11) is 0. The highest BCUT2D eigenvalue weighted by atomic mass is 14.1. The first-order chi connectivity index (χ1) is 12.7. The first kappa shape index (κ1) is 20.2. The lowest BCUT2D eigenvalue weighted by Crippen LogP contribution is -2.00. The van der Waals surface area contributed by atoms with Crippen molar-refractivity contribution in [3.63, 3.8) is 0 Å². The Hall–Kier alpha value is -2.08. The normalized spacial score (nSPS) is 14.8. The Morgan fingerprint density at radius 3 is 1.81 bits per heavy atom. The summed E-state index contributed by atoms with van der Waals surface area (Å²) in [4.78, 5) is 0. The Bertz CT molecular complexity index is 638. The summed E-state index contributed by atoms with van der Waals surface area (Å²) in [5, 5.41) is 0. The van der Waals surface area contributed by atoms with E-state index in [4.69, 9.17) is 0 Å². The molecule has 26 heavy (non-hydrogen) atoms. The van der Waals surface area contributed by atoms with Gasteiger partial charge in [0, 0.05) is 0 Å². The monoisotopic (exact) mass is 346 g/mol. The maximum Gasteiger partial charge on any atom is -0.0187 e. The summed E-state index contributed by atoms with van der Waals surface area (Å²) < 4.78 is 0. The summed E-state index contributed by atoms with van der Waals surface area (Å²) in [6, 6.07) is 21.6. The first-order valence-corrected chi connectivity index (χ1v) is 10.1. The maximum atomic E-state index is 4.04. The summed E-state index contributed by atoms with van der Waals surface area (Å²) in [5.74, 6) is 1.83. The summed E-state index contributed by atoms with van der Waals surface area (Å²) >= 11 is 0. The van der Waals surface area contributed by atoms with Gasteiger partial charge >= 0.3 is 0 Å². The fourth-order valence-corrected chi connectivity index (χ4v) is 3.43. The fourth-order valence-electron chi connectivity index (χ4n) is 3.43. The zero-order valence-corrected chi connectivity index (χ0v) is 16.5. The van der Waals surface area contributed by atoms with E-state index in [0.717, 1.165) is 12.8 Å². The Morgan fingerprint density at radius 2 is 1.27 bits per heavy atom. The molecule has 0 spiro atoms. The highest BCUT2D eigenvalue weighted by Crippen LogP contribution is 2.25. The molecule has 3 atom stereocenters. The quantitative estimate of drug-likeness (QED) is 0.363. The number of allylic oxidation sites excluding steroid dienone is 3. The third kappa shape index (κ3) is 7.04. The molecule has 0 nitrogen and oxygen atoms in total. The molecule has 2 aromatic rings. The second-order valence-electron chi connectivity index (χ2n) is 7.48. The minimum absolute atomic E-state index is 0.587. The van der Waals surface area contributed by atoms with Gasteiger partial charge in [0.1, 0.15) is 0 Å². The van der Waals surface area contributed by atoms with E-state index in [9.17, 15) is 0 Å². The van der Waals surface area contributed by atoms with Crippen LogP contribution in [0.1, 0.15) is 68.9 Å². The predicted octanol–water partition coefficient (Wildman–Crippen LogP) is 7.90. The van der Waals surface area contributed by atoms with Gasteiger partial charge in [0.2, 0.25) is 0 Å². The summed E-state index contributed by atoms with van der Waals surface area (Å²) in [5.41, 5.74) is 2.89. The summed E-state index contributed by atoms with van der Waals surface area (Å²) in [6.07, 6.45) is 12.8. The molecule has 0 heterocycles. The molecule has 0 aliphatic rings. The zero-order valence-electron chi connectivity index (χ0n) is 16.5. The van der Waals surface area contributed by atoms with Crippen LogP contribution in [0.15, 0.2) is 85.5 Å². The number of hydrogen-bond acceptors (Lipinski definition) is 0. The zero-order chi connectivity index (χ0) is 18.6. The van der Waals surface area contributed by atoms with Crippen molar-refractivity contribution >= 4 is 0 Å². The van der Waals surface area contributed by atoms with Crippen LogP contribution >= 0.6 is 0 Å². The predicted molar refractivity (Wildman–Crippen MR) is 116 cm³/mol. The van der Waals surface area contributed by atoms with E-state index < -0.39 is 0 Å². The largest absolute Gasteiger partial charge is 0.103 e. The van der Waals surface area contributed by atoms with E-state index in [1.54, 1.807) is 0 Å². The second kappa shape index (κ2) is 11.5. The molecule has 0 saturated heterocycles. The van der Waals surface area contributed by atoms with Crippen LogP contribution < -0.4 is 0 Å². The third-order valence-electron chi connectivity index (χ3n) is 5.41. The van der Waals surface area contributed by atoms with Crippen LogP contribution in [0, 0.1) is 5.92 Å². The molecule has 0 saturated carbocycles. The SMILES string of the molecule is C=CC(C/C=C\CCC(C)c1ccccc1)CCC(C)c1ccccc1. The van der Waals surface area contributed by atoms with E-state index in [0.29, 0.717) is 17.8 Å². The van der Waals surface area contributed by atoms with Gasteiger partial charge in [-0.15, -0.1) is 6.58 Å². The molecular weight excluding hydrogens is 312 g/mol. The van der Waals surface area contributed by atoms with Crippen molar-refractivity contribution in [1.29, 1.82) is 0 Å². The molecule has 0 amide bonds. The van der Waals surface area contributed by atoms with Gasteiger partial charge in [-0.25, -0.2) is 0 Å². The molecule has 2 aromatic carbocycles. The van der Waals surface area contributed by atoms with E-state index >= 15 is 0 Å². The molecule has 138 valence electrons. The highest BCUT2D eigenvalue weighted by molar-refractivity contribution is 5.19. The van der Waals surface area contributed by atoms with Crippen LogP contribution in [0.25, 0.3) is 0 Å². The number of benzene rings is 2. The molecular formula is C26H34. The topological polar surface area (TPSA) is 0 Å². The number of rotatable bonds is 11. The average molecular weight is 347 g/mol. The Kier molecular flexibility index (Phi) is 8.96. The molecule has 3 unspecified atom stereocenters. The molecule has 0 bridgehead atoms. The summed E-state index contributed by atoms with van der Waals surface area (Å²) in [6.45, 7) is 8.69. The highest BCUT2D eigenvalue weighted by Gasteiger charge is 2.09. The minimum atomic E-state index is 0.587. The van der Waals surface area contributed by atoms with Crippen LogP contribution in [0.4, 0.5) is 0 Å². The second-order valence-corrected chi connectivity index (χ2v) is 7.48. The van der Waals surface area contributed by atoms with Crippen molar-refractivity contribution in [3.05, 3.63) is 96.6 Å². The van der Waals surface area contributed by atoms with Crippen molar-refractivity contribution in [3.8, 4) is 0 Å². The molecule has 0 N–H and O–H groups in total. The average Bonchev–Trinajstić information content (AvgIpc) is 2.71. The van der Waals surface area contributed by atoms with Crippen LogP contribution in [-0.2, 0) is 0 Å². The van der Waals surface area contributed by atoms with Gasteiger partial charge in [0.05, 0.1) is 0 Å². The van der Waals surface area contributed by atoms with Crippen molar-refractivity contribution in [2.75, 3.05) is 0 Å². The lowest BCUT2D eigenvalue weighted by atomic mass is 9.90. The van der Waals surface area contributed by atoms with Crippen LogP contribution in [0.5, 0.6) is 0 Å². The van der Waals surface area contributed by atoms with Crippen LogP contribution in [0.3, 0.4) is 0 Å². The molecule has 0 fully saturated rings. The molecule has 2 rings (SSSR count). The van der Waals surface area contributed by atoms with E-state index in [-0.39, 0.29) is 0 Å². The van der Waals surface area contributed by atoms with Crippen molar-refractivity contribution in [1.82, 2.24) is 0 Å². The van der Waals surface area contributed by atoms with Gasteiger partial charge in [-0.2, -0.15) is 0 Å². The molecule has 0 aliphatic heterocycles. The third-order valence-corrected chi connectivity index (χ3v) is 5.41. The van der Waals surface area contributed by atoms with Crippen molar-refractivity contribution in [2.45, 2.75) is 57.8 Å². The molecule has 0 heteroatoms. The van der Waals surface area contributed by atoms with E-state index in [2.05, 4.69) is 99.3 Å². The van der Waals surface area contributed by atoms with Crippen molar-refractivity contribution in [2.24, 2.45) is 5.92 Å². The van der Waals surface area contributed by atoms with Gasteiger partial charge in [-0.05, 0) is 61.0 Å². The molecule has 0 radical (unpaired) electrons. The Balaban J connectivity index is 1.67. The van der Waals surface area contributed by atoms with Crippen LogP contribution in [0.2, 0.25) is 0 Å². The smallest absolute Gasteiger partial charge is 0.0187 e. The van der Waals surface area contributed by atoms with Crippen molar-refractivity contribution < 1.29 is 0 Å². The minimum Gasteiger partial charge on any atom is -0.103 e. The van der Waals surface area contributed by atoms with Crippen LogP contribution in [-0.4, -0.2) is 0 Å². The van der Waals surface area contributed by atoms with Gasteiger partial charge < -0.3 is 0 Å². The Morgan fingerprint density at radius 1 is 0.731 bits per heavy atom. The van der Waals surface area contributed by atoms with Gasteiger partial charge in [-0.1, -0.05) is 92.7 Å². The molecule has 0 aliphatic carbocycles. The van der Waals surface area contributed by atoms with Gasteiger partial charge in [-0.3, -0.25) is 0 Å². The number of hydrogen-bond donors (Lipinski definition) is 0. The molecule has 0 aromatic heterocycles. The lowest BCUT2D eigenvalue weighted by molar-refractivity contribution is 0.526. The Labute approximate surface area is 160 Å². The lowest BCUT2D eigenvalue weighted by Gasteiger charge is -2.15.